The summed E-state index contributed by atoms with van der Waals surface area (Å²) in [5, 5.41) is 8.32. The number of ketones is 1. The minimum absolute atomic E-state index is 0.0565. The zero-order valence-electron chi connectivity index (χ0n) is 16.8. The molecule has 0 atom stereocenters. The first kappa shape index (κ1) is 23.7. The van der Waals surface area contributed by atoms with E-state index in [1.54, 1.807) is 37.3 Å². The Morgan fingerprint density at radius 1 is 1.00 bits per heavy atom. The van der Waals surface area contributed by atoms with Gasteiger partial charge in [0.2, 0.25) is 10.0 Å². The standard InChI is InChI=1S/C22H18Cl2N2O5S/c1-13-10-15(32(25,29)30)7-9-19(13)26-21(27)12-31-20-5-3-2-4-16(20)22(28)14-6-8-17(23)18(24)11-14/h2-11H,12H2,1H3,(H,26,27)(H2,25,29,30). The number of benzene rings is 3. The molecule has 1 amide bonds. The number of carbonyl (C=O) groups excluding carboxylic acids is 2. The average Bonchev–Trinajstić information content (AvgIpc) is 2.74. The van der Waals surface area contributed by atoms with Crippen molar-refractivity contribution in [2.45, 2.75) is 11.8 Å². The Bertz CT molecular complexity index is 1310. The van der Waals surface area contributed by atoms with E-state index in [9.17, 15) is 18.0 Å². The van der Waals surface area contributed by atoms with Crippen LogP contribution in [0.1, 0.15) is 21.5 Å². The fourth-order valence-electron chi connectivity index (χ4n) is 2.86. The van der Waals surface area contributed by atoms with Gasteiger partial charge in [-0.25, -0.2) is 13.6 Å². The smallest absolute Gasteiger partial charge is 0.262 e. The van der Waals surface area contributed by atoms with Crippen LogP contribution in [0.25, 0.3) is 0 Å². The highest BCUT2D eigenvalue weighted by Gasteiger charge is 2.17. The van der Waals surface area contributed by atoms with E-state index < -0.39 is 15.9 Å². The van der Waals surface area contributed by atoms with Gasteiger partial charge in [0, 0.05) is 11.3 Å². The molecule has 10 heteroatoms. The van der Waals surface area contributed by atoms with E-state index >= 15 is 0 Å². The van der Waals surface area contributed by atoms with Gasteiger partial charge in [-0.3, -0.25) is 9.59 Å². The predicted molar refractivity (Wildman–Crippen MR) is 123 cm³/mol. The van der Waals surface area contributed by atoms with E-state index in [0.29, 0.717) is 21.8 Å². The van der Waals surface area contributed by atoms with Gasteiger partial charge in [-0.05, 0) is 61.0 Å². The van der Waals surface area contributed by atoms with Crippen LogP contribution < -0.4 is 15.2 Å². The van der Waals surface area contributed by atoms with Gasteiger partial charge in [0.25, 0.3) is 5.91 Å². The maximum Gasteiger partial charge on any atom is 0.262 e. The second kappa shape index (κ2) is 9.70. The van der Waals surface area contributed by atoms with Gasteiger partial charge in [0.05, 0.1) is 20.5 Å². The van der Waals surface area contributed by atoms with Gasteiger partial charge in [-0.1, -0.05) is 35.3 Å². The zero-order chi connectivity index (χ0) is 23.5. The quantitative estimate of drug-likeness (QED) is 0.479. The van der Waals surface area contributed by atoms with Gasteiger partial charge in [0.15, 0.2) is 12.4 Å². The topological polar surface area (TPSA) is 116 Å². The van der Waals surface area contributed by atoms with Crippen molar-refractivity contribution in [1.82, 2.24) is 0 Å². The molecule has 0 aliphatic heterocycles. The Hall–Kier alpha value is -2.91. The monoisotopic (exact) mass is 492 g/mol. The summed E-state index contributed by atoms with van der Waals surface area (Å²) >= 11 is 11.9. The summed E-state index contributed by atoms with van der Waals surface area (Å²) < 4.78 is 28.4. The summed E-state index contributed by atoms with van der Waals surface area (Å²) in [4.78, 5) is 25.2. The van der Waals surface area contributed by atoms with Crippen molar-refractivity contribution >= 4 is 50.6 Å². The van der Waals surface area contributed by atoms with Crippen LogP contribution in [0.5, 0.6) is 5.75 Å². The number of amides is 1. The molecular formula is C22H18Cl2N2O5S. The highest BCUT2D eigenvalue weighted by Crippen LogP contribution is 2.27. The van der Waals surface area contributed by atoms with E-state index in [4.69, 9.17) is 33.1 Å². The number of ether oxygens (including phenoxy) is 1. The molecule has 0 fully saturated rings. The van der Waals surface area contributed by atoms with E-state index in [0.717, 1.165) is 0 Å². The molecule has 0 aliphatic carbocycles. The molecule has 166 valence electrons. The number of hydrogen-bond donors (Lipinski definition) is 2. The maximum absolute atomic E-state index is 12.9. The number of anilines is 1. The van der Waals surface area contributed by atoms with Crippen LogP contribution in [0, 0.1) is 6.92 Å². The third-order valence-electron chi connectivity index (χ3n) is 4.47. The van der Waals surface area contributed by atoms with Gasteiger partial charge in [-0.2, -0.15) is 0 Å². The SMILES string of the molecule is Cc1cc(S(N)(=O)=O)ccc1NC(=O)COc1ccccc1C(=O)c1ccc(Cl)c(Cl)c1. The summed E-state index contributed by atoms with van der Waals surface area (Å²) in [5.41, 5.74) is 1.50. The van der Waals surface area contributed by atoms with Gasteiger partial charge in [0.1, 0.15) is 5.75 Å². The Morgan fingerprint density at radius 3 is 2.38 bits per heavy atom. The number of sulfonamides is 1. The van der Waals surface area contributed by atoms with Crippen LogP contribution in [-0.4, -0.2) is 26.7 Å². The summed E-state index contributed by atoms with van der Waals surface area (Å²) in [6.45, 7) is 1.26. The molecule has 0 bridgehead atoms. The molecule has 0 saturated carbocycles. The highest BCUT2D eigenvalue weighted by atomic mass is 35.5. The molecule has 32 heavy (non-hydrogen) atoms. The van der Waals surface area contributed by atoms with Crippen LogP contribution in [0.2, 0.25) is 10.0 Å². The van der Waals surface area contributed by atoms with E-state index in [2.05, 4.69) is 5.32 Å². The lowest BCUT2D eigenvalue weighted by Crippen LogP contribution is -2.21. The fraction of sp³-hybridized carbons (Fsp3) is 0.0909. The molecule has 0 aliphatic rings. The van der Waals surface area contributed by atoms with Crippen LogP contribution >= 0.6 is 23.2 Å². The van der Waals surface area contributed by atoms with Crippen molar-refractivity contribution in [3.05, 3.63) is 87.4 Å². The molecule has 0 spiro atoms. The largest absolute Gasteiger partial charge is 0.483 e. The lowest BCUT2D eigenvalue weighted by Gasteiger charge is -2.13. The number of hydrogen-bond acceptors (Lipinski definition) is 5. The average molecular weight is 493 g/mol. The number of nitrogens with two attached hydrogens (primary N) is 1. The molecule has 3 aromatic rings. The number of para-hydroxylation sites is 1. The van der Waals surface area contributed by atoms with Gasteiger partial charge in [-0.15, -0.1) is 0 Å². The molecule has 3 rings (SSSR count). The summed E-state index contributed by atoms with van der Waals surface area (Å²) in [7, 11) is -3.84. The third kappa shape index (κ3) is 5.66. The number of rotatable bonds is 7. The lowest BCUT2D eigenvalue weighted by molar-refractivity contribution is -0.118. The Kier molecular flexibility index (Phi) is 7.20. The Balaban J connectivity index is 1.72. The highest BCUT2D eigenvalue weighted by molar-refractivity contribution is 7.89. The first-order valence-corrected chi connectivity index (χ1v) is 11.5. The van der Waals surface area contributed by atoms with Crippen molar-refractivity contribution in [1.29, 1.82) is 0 Å². The number of aryl methyl sites for hydroxylation is 1. The van der Waals surface area contributed by atoms with Crippen molar-refractivity contribution in [3.8, 4) is 5.75 Å². The molecule has 0 heterocycles. The molecule has 0 radical (unpaired) electrons. The Morgan fingerprint density at radius 2 is 1.72 bits per heavy atom. The first-order chi connectivity index (χ1) is 15.1. The molecule has 0 saturated heterocycles. The van der Waals surface area contributed by atoms with Crippen LogP contribution in [0.4, 0.5) is 5.69 Å². The molecule has 7 nitrogen and oxygen atoms in total. The molecule has 3 aromatic carbocycles. The van der Waals surface area contributed by atoms with Crippen LogP contribution in [0.15, 0.2) is 65.6 Å². The van der Waals surface area contributed by atoms with Crippen molar-refractivity contribution < 1.29 is 22.7 Å². The normalized spacial score (nSPS) is 11.1. The lowest BCUT2D eigenvalue weighted by atomic mass is 10.0. The van der Waals surface area contributed by atoms with Crippen molar-refractivity contribution in [2.24, 2.45) is 5.14 Å². The molecule has 3 N–H and O–H groups in total. The molecule has 0 aromatic heterocycles. The Labute approximate surface area is 195 Å². The minimum Gasteiger partial charge on any atom is -0.483 e. The zero-order valence-corrected chi connectivity index (χ0v) is 19.1. The second-order valence-corrected chi connectivity index (χ2v) is 9.19. The first-order valence-electron chi connectivity index (χ1n) is 9.21. The minimum atomic E-state index is -3.84. The number of carbonyl (C=O) groups is 2. The summed E-state index contributed by atoms with van der Waals surface area (Å²) in [6, 6.07) is 15.1. The van der Waals surface area contributed by atoms with E-state index in [1.165, 1.54) is 30.3 Å². The third-order valence-corrected chi connectivity index (χ3v) is 6.12. The van der Waals surface area contributed by atoms with E-state index in [1.807, 2.05) is 0 Å². The van der Waals surface area contributed by atoms with Crippen molar-refractivity contribution in [2.75, 3.05) is 11.9 Å². The van der Waals surface area contributed by atoms with Gasteiger partial charge < -0.3 is 10.1 Å². The van der Waals surface area contributed by atoms with Crippen molar-refractivity contribution in [3.63, 3.8) is 0 Å². The summed E-state index contributed by atoms with van der Waals surface area (Å²) in [6.07, 6.45) is 0. The van der Waals surface area contributed by atoms with E-state index in [-0.39, 0.29) is 33.6 Å². The fourth-order valence-corrected chi connectivity index (χ4v) is 3.75. The van der Waals surface area contributed by atoms with Gasteiger partial charge >= 0.3 is 0 Å². The van der Waals surface area contributed by atoms with Crippen LogP contribution in [0.3, 0.4) is 0 Å². The van der Waals surface area contributed by atoms with Crippen LogP contribution in [-0.2, 0) is 14.8 Å². The predicted octanol–water partition coefficient (Wildman–Crippen LogP) is 4.20. The maximum atomic E-state index is 12.9. The second-order valence-electron chi connectivity index (χ2n) is 6.81. The molecule has 0 unspecified atom stereocenters. The number of nitrogens with one attached hydrogen (secondary N) is 1. The number of halogens is 2. The molecular weight excluding hydrogens is 475 g/mol. The number of primary sulfonamides is 1. The summed E-state index contributed by atoms with van der Waals surface area (Å²) in [5.74, 6) is -0.609.